The molecule has 0 bridgehead atoms. The van der Waals surface area contributed by atoms with Crippen LogP contribution in [0.25, 0.3) is 6.08 Å². The molecule has 0 aliphatic rings. The Morgan fingerprint density at radius 3 is 2.69 bits per heavy atom. The van der Waals surface area contributed by atoms with E-state index in [0.717, 1.165) is 6.42 Å². The molecule has 0 aromatic heterocycles. The van der Waals surface area contributed by atoms with Crippen molar-refractivity contribution in [2.75, 3.05) is 19.0 Å². The molecule has 0 aliphatic carbocycles. The topological polar surface area (TPSA) is 3.24 Å². The molecule has 0 heterocycles. The molecule has 0 spiro atoms. The molecule has 0 radical (unpaired) electrons. The number of allylic oxidation sites excluding steroid dienone is 1. The van der Waals surface area contributed by atoms with Crippen LogP contribution in [-0.4, -0.2) is 14.1 Å². The summed E-state index contributed by atoms with van der Waals surface area (Å²) in [6.07, 6.45) is 5.42. The SMILES string of the molecule is CCC=Cc1cccc(N(C)C)c1. The van der Waals surface area contributed by atoms with Crippen LogP contribution in [0, 0.1) is 0 Å². The highest BCUT2D eigenvalue weighted by molar-refractivity contribution is 5.57. The molecule has 0 saturated carbocycles. The van der Waals surface area contributed by atoms with Crippen molar-refractivity contribution < 1.29 is 0 Å². The summed E-state index contributed by atoms with van der Waals surface area (Å²) in [5, 5.41) is 0. The fraction of sp³-hybridized carbons (Fsp3) is 0.333. The third-order valence-corrected chi connectivity index (χ3v) is 1.93. The molecule has 1 rings (SSSR count). The Bertz CT molecular complexity index is 287. The van der Waals surface area contributed by atoms with Gasteiger partial charge in [-0.2, -0.15) is 0 Å². The molecule has 13 heavy (non-hydrogen) atoms. The van der Waals surface area contributed by atoms with Crippen LogP contribution in [0.4, 0.5) is 5.69 Å². The zero-order valence-electron chi connectivity index (χ0n) is 8.62. The van der Waals surface area contributed by atoms with Gasteiger partial charge in [-0.05, 0) is 24.1 Å². The third-order valence-electron chi connectivity index (χ3n) is 1.93. The molecule has 1 aromatic carbocycles. The molecular weight excluding hydrogens is 158 g/mol. The van der Waals surface area contributed by atoms with Crippen molar-refractivity contribution in [3.8, 4) is 0 Å². The Balaban J connectivity index is 2.85. The van der Waals surface area contributed by atoms with E-state index < -0.39 is 0 Å². The number of benzene rings is 1. The number of anilines is 1. The molecule has 1 nitrogen and oxygen atoms in total. The van der Waals surface area contributed by atoms with Crippen molar-refractivity contribution in [2.24, 2.45) is 0 Å². The third kappa shape index (κ3) is 2.94. The summed E-state index contributed by atoms with van der Waals surface area (Å²) in [6, 6.07) is 8.51. The number of rotatable bonds is 3. The molecule has 1 heteroatoms. The predicted octanol–water partition coefficient (Wildman–Crippen LogP) is 3.18. The number of hydrogen-bond donors (Lipinski definition) is 0. The van der Waals surface area contributed by atoms with Crippen molar-refractivity contribution in [2.45, 2.75) is 13.3 Å². The maximum absolute atomic E-state index is 2.19. The molecule has 0 atom stereocenters. The fourth-order valence-corrected chi connectivity index (χ4v) is 1.16. The van der Waals surface area contributed by atoms with E-state index in [1.807, 2.05) is 0 Å². The average molecular weight is 175 g/mol. The standard InChI is InChI=1S/C12H17N/c1-4-5-7-11-8-6-9-12(10-11)13(2)3/h5-10H,4H2,1-3H3. The van der Waals surface area contributed by atoms with Gasteiger partial charge in [0.05, 0.1) is 0 Å². The van der Waals surface area contributed by atoms with Crippen LogP contribution in [0.1, 0.15) is 18.9 Å². The molecule has 70 valence electrons. The first kappa shape index (κ1) is 9.85. The minimum Gasteiger partial charge on any atom is -0.378 e. The predicted molar refractivity (Wildman–Crippen MR) is 60.1 cm³/mol. The van der Waals surface area contributed by atoms with E-state index in [-0.39, 0.29) is 0 Å². The van der Waals surface area contributed by atoms with Gasteiger partial charge in [-0.15, -0.1) is 0 Å². The lowest BCUT2D eigenvalue weighted by Gasteiger charge is -2.12. The van der Waals surface area contributed by atoms with Gasteiger partial charge in [-0.1, -0.05) is 31.2 Å². The van der Waals surface area contributed by atoms with E-state index in [1.54, 1.807) is 0 Å². The van der Waals surface area contributed by atoms with Crippen LogP contribution in [0.15, 0.2) is 30.3 Å². The molecule has 0 saturated heterocycles. The van der Waals surface area contributed by atoms with Gasteiger partial charge in [0.1, 0.15) is 0 Å². The quantitative estimate of drug-likeness (QED) is 0.682. The summed E-state index contributed by atoms with van der Waals surface area (Å²) >= 11 is 0. The fourth-order valence-electron chi connectivity index (χ4n) is 1.16. The van der Waals surface area contributed by atoms with E-state index in [9.17, 15) is 0 Å². The van der Waals surface area contributed by atoms with E-state index in [2.05, 4.69) is 62.3 Å². The number of nitrogens with zero attached hydrogens (tertiary/aromatic N) is 1. The summed E-state index contributed by atoms with van der Waals surface area (Å²) in [5.41, 5.74) is 2.52. The first-order valence-corrected chi connectivity index (χ1v) is 4.68. The van der Waals surface area contributed by atoms with Gasteiger partial charge < -0.3 is 4.90 Å². The highest BCUT2D eigenvalue weighted by Crippen LogP contribution is 2.14. The maximum Gasteiger partial charge on any atom is 0.0367 e. The summed E-state index contributed by atoms with van der Waals surface area (Å²) < 4.78 is 0. The van der Waals surface area contributed by atoms with Gasteiger partial charge in [-0.3, -0.25) is 0 Å². The van der Waals surface area contributed by atoms with Crippen LogP contribution >= 0.6 is 0 Å². The van der Waals surface area contributed by atoms with Crippen LogP contribution < -0.4 is 4.90 Å². The van der Waals surface area contributed by atoms with Gasteiger partial charge in [0.25, 0.3) is 0 Å². The monoisotopic (exact) mass is 175 g/mol. The molecule has 0 aliphatic heterocycles. The molecule has 0 amide bonds. The average Bonchev–Trinajstić information content (AvgIpc) is 2.15. The molecule has 0 fully saturated rings. The normalized spacial score (nSPS) is 10.7. The Morgan fingerprint density at radius 1 is 1.31 bits per heavy atom. The smallest absolute Gasteiger partial charge is 0.0367 e. The van der Waals surface area contributed by atoms with Crippen molar-refractivity contribution in [1.29, 1.82) is 0 Å². The Morgan fingerprint density at radius 2 is 2.08 bits per heavy atom. The van der Waals surface area contributed by atoms with Gasteiger partial charge in [0.2, 0.25) is 0 Å². The Hall–Kier alpha value is -1.24. The lowest BCUT2D eigenvalue weighted by Crippen LogP contribution is -2.08. The molecular formula is C12H17N. The zero-order chi connectivity index (χ0) is 9.68. The van der Waals surface area contributed by atoms with E-state index in [0.29, 0.717) is 0 Å². The summed E-state index contributed by atoms with van der Waals surface area (Å²) in [4.78, 5) is 2.11. The van der Waals surface area contributed by atoms with E-state index in [4.69, 9.17) is 0 Å². The Labute approximate surface area is 80.7 Å². The second kappa shape index (κ2) is 4.70. The summed E-state index contributed by atoms with van der Waals surface area (Å²) in [6.45, 7) is 2.15. The minimum atomic E-state index is 1.09. The highest BCUT2D eigenvalue weighted by Gasteiger charge is 1.93. The zero-order valence-corrected chi connectivity index (χ0v) is 8.62. The van der Waals surface area contributed by atoms with Crippen LogP contribution in [-0.2, 0) is 0 Å². The largest absolute Gasteiger partial charge is 0.378 e. The summed E-state index contributed by atoms with van der Waals surface area (Å²) in [5.74, 6) is 0. The van der Waals surface area contributed by atoms with E-state index in [1.165, 1.54) is 11.3 Å². The van der Waals surface area contributed by atoms with Crippen LogP contribution in [0.5, 0.6) is 0 Å². The van der Waals surface area contributed by atoms with Crippen LogP contribution in [0.3, 0.4) is 0 Å². The minimum absolute atomic E-state index is 1.09. The maximum atomic E-state index is 2.19. The Kier molecular flexibility index (Phi) is 3.56. The van der Waals surface area contributed by atoms with Crippen LogP contribution in [0.2, 0.25) is 0 Å². The van der Waals surface area contributed by atoms with Gasteiger partial charge in [0, 0.05) is 19.8 Å². The lowest BCUT2D eigenvalue weighted by molar-refractivity contribution is 1.13. The molecule has 0 unspecified atom stereocenters. The van der Waals surface area contributed by atoms with Gasteiger partial charge >= 0.3 is 0 Å². The van der Waals surface area contributed by atoms with Gasteiger partial charge in [-0.25, -0.2) is 0 Å². The summed E-state index contributed by atoms with van der Waals surface area (Å²) in [7, 11) is 4.12. The van der Waals surface area contributed by atoms with Crippen molar-refractivity contribution in [1.82, 2.24) is 0 Å². The first-order chi connectivity index (χ1) is 6.24. The molecule has 1 aromatic rings. The first-order valence-electron chi connectivity index (χ1n) is 4.68. The number of hydrogen-bond acceptors (Lipinski definition) is 1. The molecule has 0 N–H and O–H groups in total. The van der Waals surface area contributed by atoms with Crippen molar-refractivity contribution in [3.05, 3.63) is 35.9 Å². The van der Waals surface area contributed by atoms with Crippen molar-refractivity contribution >= 4 is 11.8 Å². The lowest BCUT2D eigenvalue weighted by atomic mass is 10.1. The second-order valence-electron chi connectivity index (χ2n) is 3.30. The van der Waals surface area contributed by atoms with Gasteiger partial charge in [0.15, 0.2) is 0 Å². The van der Waals surface area contributed by atoms with Crippen molar-refractivity contribution in [3.63, 3.8) is 0 Å². The second-order valence-corrected chi connectivity index (χ2v) is 3.30. The highest BCUT2D eigenvalue weighted by atomic mass is 15.1. The van der Waals surface area contributed by atoms with E-state index >= 15 is 0 Å².